The molecule has 0 spiro atoms. The Balaban J connectivity index is 1.64. The fourth-order valence-corrected chi connectivity index (χ4v) is 7.15. The Bertz CT molecular complexity index is 1360. The van der Waals surface area contributed by atoms with Crippen molar-refractivity contribution in [1.82, 2.24) is 0 Å². The molecule has 0 radical (unpaired) electrons. The molecule has 0 N–H and O–H groups in total. The first-order chi connectivity index (χ1) is 19.0. The van der Waals surface area contributed by atoms with E-state index in [9.17, 15) is 9.59 Å². The van der Waals surface area contributed by atoms with Crippen molar-refractivity contribution in [2.24, 2.45) is 0 Å². The Morgan fingerprint density at radius 2 is 0.795 bits per heavy atom. The highest BCUT2D eigenvalue weighted by Crippen LogP contribution is 2.61. The Morgan fingerprint density at radius 3 is 1.08 bits per heavy atom. The maximum Gasteiger partial charge on any atom is 0.307 e. The second-order valence-electron chi connectivity index (χ2n) is 10.5. The summed E-state index contributed by atoms with van der Waals surface area (Å²) in [5.74, 6) is -0.482. The lowest BCUT2D eigenvalue weighted by atomic mass is 9.60. The third-order valence-corrected chi connectivity index (χ3v) is 8.46. The molecule has 0 saturated heterocycles. The van der Waals surface area contributed by atoms with Crippen molar-refractivity contribution in [1.29, 1.82) is 0 Å². The standard InChI is InChI=1S/C35H32O4/c1-3-38-32(36)21-34(28-17-9-5-13-24(28)25-14-6-10-18-29(25)34)23-35(22-33(37)39-4-2)30-19-11-7-15-26(30)27-16-8-12-20-31(27)35/h5-20H,3-4,21-23H2,1-2H3. The molecule has 0 heterocycles. The fraction of sp³-hybridized carbons (Fsp3) is 0.257. The van der Waals surface area contributed by atoms with Crippen LogP contribution in [0.25, 0.3) is 22.3 Å². The zero-order valence-electron chi connectivity index (χ0n) is 22.4. The highest BCUT2D eigenvalue weighted by molar-refractivity contribution is 5.88. The van der Waals surface area contributed by atoms with Gasteiger partial charge in [-0.1, -0.05) is 97.1 Å². The van der Waals surface area contributed by atoms with Crippen molar-refractivity contribution in [3.05, 3.63) is 119 Å². The van der Waals surface area contributed by atoms with Gasteiger partial charge in [0.05, 0.1) is 26.1 Å². The summed E-state index contributed by atoms with van der Waals surface area (Å²) in [5, 5.41) is 0. The maximum atomic E-state index is 13.4. The van der Waals surface area contributed by atoms with Gasteiger partial charge in [-0.25, -0.2) is 0 Å². The van der Waals surface area contributed by atoms with Crippen LogP contribution in [0.3, 0.4) is 0 Å². The summed E-state index contributed by atoms with van der Waals surface area (Å²) in [6, 6.07) is 33.4. The van der Waals surface area contributed by atoms with E-state index in [-0.39, 0.29) is 24.8 Å². The van der Waals surface area contributed by atoms with Gasteiger partial charge in [0.1, 0.15) is 0 Å². The lowest BCUT2D eigenvalue weighted by molar-refractivity contribution is -0.144. The molecule has 2 aliphatic rings. The average molecular weight is 517 g/mol. The molecule has 6 rings (SSSR count). The molecule has 4 nitrogen and oxygen atoms in total. The summed E-state index contributed by atoms with van der Waals surface area (Å²) in [6.07, 6.45) is 0.896. The zero-order chi connectivity index (χ0) is 27.0. The highest BCUT2D eigenvalue weighted by Gasteiger charge is 2.54. The Hall–Kier alpha value is -4.18. The number of benzene rings is 4. The van der Waals surface area contributed by atoms with Crippen LogP contribution in [0.1, 0.15) is 55.4 Å². The molecule has 2 aliphatic carbocycles. The lowest BCUT2D eigenvalue weighted by Gasteiger charge is -2.41. The van der Waals surface area contributed by atoms with Crippen LogP contribution in [0.15, 0.2) is 97.1 Å². The van der Waals surface area contributed by atoms with Gasteiger partial charge in [-0.05, 0) is 64.8 Å². The van der Waals surface area contributed by atoms with Gasteiger partial charge in [0.2, 0.25) is 0 Å². The number of esters is 2. The largest absolute Gasteiger partial charge is 0.466 e. The van der Waals surface area contributed by atoms with Gasteiger partial charge >= 0.3 is 11.9 Å². The summed E-state index contributed by atoms with van der Waals surface area (Å²) in [5.41, 5.74) is 7.52. The summed E-state index contributed by atoms with van der Waals surface area (Å²) >= 11 is 0. The number of rotatable bonds is 8. The van der Waals surface area contributed by atoms with Gasteiger partial charge in [0, 0.05) is 10.8 Å². The molecule has 0 unspecified atom stereocenters. The van der Waals surface area contributed by atoms with Crippen LogP contribution in [-0.4, -0.2) is 25.2 Å². The molecular weight excluding hydrogens is 484 g/mol. The molecular formula is C35H32O4. The second-order valence-corrected chi connectivity index (χ2v) is 10.5. The van der Waals surface area contributed by atoms with E-state index in [0.29, 0.717) is 19.6 Å². The van der Waals surface area contributed by atoms with E-state index in [2.05, 4.69) is 48.5 Å². The van der Waals surface area contributed by atoms with Gasteiger partial charge < -0.3 is 9.47 Å². The topological polar surface area (TPSA) is 52.6 Å². The molecule has 0 fully saturated rings. The molecule has 0 aliphatic heterocycles. The van der Waals surface area contributed by atoms with Crippen LogP contribution in [0.4, 0.5) is 0 Å². The monoisotopic (exact) mass is 516 g/mol. The number of ether oxygens (including phenoxy) is 2. The first-order valence-electron chi connectivity index (χ1n) is 13.7. The molecule has 0 saturated carbocycles. The van der Waals surface area contributed by atoms with E-state index < -0.39 is 10.8 Å². The van der Waals surface area contributed by atoms with Crippen molar-refractivity contribution < 1.29 is 19.1 Å². The van der Waals surface area contributed by atoms with Crippen LogP contribution in [0, 0.1) is 0 Å². The van der Waals surface area contributed by atoms with E-state index in [4.69, 9.17) is 9.47 Å². The maximum absolute atomic E-state index is 13.4. The van der Waals surface area contributed by atoms with E-state index >= 15 is 0 Å². The van der Waals surface area contributed by atoms with E-state index in [1.54, 1.807) is 0 Å². The molecule has 4 heteroatoms. The SMILES string of the molecule is CCOC(=O)CC1(CC2(CC(=O)OCC)c3ccccc3-c3ccccc32)c2ccccc2-c2ccccc21. The van der Waals surface area contributed by atoms with Crippen LogP contribution in [0.5, 0.6) is 0 Å². The van der Waals surface area contributed by atoms with E-state index in [1.165, 1.54) is 0 Å². The fourth-order valence-electron chi connectivity index (χ4n) is 7.15. The Morgan fingerprint density at radius 1 is 0.513 bits per heavy atom. The van der Waals surface area contributed by atoms with Crippen molar-refractivity contribution in [2.45, 2.75) is 43.9 Å². The van der Waals surface area contributed by atoms with Gasteiger partial charge in [0.25, 0.3) is 0 Å². The van der Waals surface area contributed by atoms with E-state index in [0.717, 1.165) is 44.5 Å². The van der Waals surface area contributed by atoms with E-state index in [1.807, 2.05) is 62.4 Å². The van der Waals surface area contributed by atoms with Crippen LogP contribution in [-0.2, 0) is 29.9 Å². The molecule has 0 bridgehead atoms. The van der Waals surface area contributed by atoms with Crippen LogP contribution < -0.4 is 0 Å². The minimum absolute atomic E-state index is 0.184. The van der Waals surface area contributed by atoms with Crippen LogP contribution >= 0.6 is 0 Å². The average Bonchev–Trinajstić information content (AvgIpc) is 3.37. The van der Waals surface area contributed by atoms with Crippen molar-refractivity contribution in [3.63, 3.8) is 0 Å². The van der Waals surface area contributed by atoms with Gasteiger partial charge in [-0.2, -0.15) is 0 Å². The number of carbonyl (C=O) groups is 2. The number of hydrogen-bond donors (Lipinski definition) is 0. The van der Waals surface area contributed by atoms with Gasteiger partial charge in [0.15, 0.2) is 0 Å². The first-order valence-corrected chi connectivity index (χ1v) is 13.7. The minimum Gasteiger partial charge on any atom is -0.466 e. The smallest absolute Gasteiger partial charge is 0.307 e. The van der Waals surface area contributed by atoms with Crippen molar-refractivity contribution in [2.75, 3.05) is 13.2 Å². The summed E-state index contributed by atoms with van der Waals surface area (Å²) in [4.78, 5) is 26.8. The lowest BCUT2D eigenvalue weighted by Crippen LogP contribution is -2.41. The normalized spacial score (nSPS) is 15.0. The van der Waals surface area contributed by atoms with Crippen LogP contribution in [0.2, 0.25) is 0 Å². The molecule has 0 amide bonds. The quantitative estimate of drug-likeness (QED) is 0.232. The predicted molar refractivity (Wildman–Crippen MR) is 152 cm³/mol. The molecule has 4 aromatic rings. The van der Waals surface area contributed by atoms with Gasteiger partial charge in [-0.3, -0.25) is 9.59 Å². The summed E-state index contributed by atoms with van der Waals surface area (Å²) in [6.45, 7) is 4.31. The van der Waals surface area contributed by atoms with Crippen molar-refractivity contribution >= 4 is 11.9 Å². The number of carbonyl (C=O) groups excluding carboxylic acids is 2. The molecule has 196 valence electrons. The zero-order valence-corrected chi connectivity index (χ0v) is 22.4. The van der Waals surface area contributed by atoms with Gasteiger partial charge in [-0.15, -0.1) is 0 Å². The number of fused-ring (bicyclic) bond motifs is 6. The Labute approximate surface area is 229 Å². The molecule has 0 atom stereocenters. The van der Waals surface area contributed by atoms with Crippen molar-refractivity contribution in [3.8, 4) is 22.3 Å². The third kappa shape index (κ3) is 3.89. The highest BCUT2D eigenvalue weighted by atomic mass is 16.5. The molecule has 0 aromatic heterocycles. The third-order valence-electron chi connectivity index (χ3n) is 8.46. The predicted octanol–water partition coefficient (Wildman–Crippen LogP) is 7.22. The molecule has 4 aromatic carbocycles. The second kappa shape index (κ2) is 9.85. The number of hydrogen-bond acceptors (Lipinski definition) is 4. The summed E-state index contributed by atoms with van der Waals surface area (Å²) < 4.78 is 11.2. The summed E-state index contributed by atoms with van der Waals surface area (Å²) in [7, 11) is 0. The molecule has 39 heavy (non-hydrogen) atoms. The first kappa shape index (κ1) is 25.1. The minimum atomic E-state index is -0.698. The Kier molecular flexibility index (Phi) is 6.34.